The van der Waals surface area contributed by atoms with Crippen molar-refractivity contribution >= 4 is 17.5 Å². The van der Waals surface area contributed by atoms with Crippen LogP contribution in [0.3, 0.4) is 0 Å². The molecule has 1 amide bonds. The normalized spacial score (nSPS) is 28.2. The molecule has 4 heterocycles. The van der Waals surface area contributed by atoms with E-state index in [-0.39, 0.29) is 5.71 Å². The van der Waals surface area contributed by atoms with Crippen molar-refractivity contribution in [2.45, 2.75) is 12.8 Å². The molecule has 0 fully saturated rings. The number of allylic oxidation sites excluding steroid dienone is 6. The number of nitrogens with zero attached hydrogens (tertiary/aromatic N) is 2. The number of dihydropyridines is 1. The van der Waals surface area contributed by atoms with Gasteiger partial charge in [0.2, 0.25) is 0 Å². The van der Waals surface area contributed by atoms with Crippen LogP contribution in [0.2, 0.25) is 0 Å². The molecule has 0 saturated carbocycles. The van der Waals surface area contributed by atoms with E-state index in [2.05, 4.69) is 15.3 Å². The SMILES string of the molecule is NC(=O)C1=N\C=C2\CC(=N2)O\C=C/C=C/C=C/CC2=CNCC=C2O\C=C\1. The fourth-order valence-corrected chi connectivity index (χ4v) is 2.33. The predicted molar refractivity (Wildman–Crippen MR) is 104 cm³/mol. The topological polar surface area (TPSA) is 98.3 Å². The Labute approximate surface area is 157 Å². The summed E-state index contributed by atoms with van der Waals surface area (Å²) >= 11 is 0. The van der Waals surface area contributed by atoms with Gasteiger partial charge in [0.1, 0.15) is 11.5 Å². The van der Waals surface area contributed by atoms with E-state index >= 15 is 0 Å². The number of amides is 1. The van der Waals surface area contributed by atoms with Gasteiger partial charge in [-0.25, -0.2) is 9.98 Å². The molecule has 0 aliphatic carbocycles. The summed E-state index contributed by atoms with van der Waals surface area (Å²) in [5.74, 6) is 0.661. The fourth-order valence-electron chi connectivity index (χ4n) is 2.33. The minimum Gasteiger partial charge on any atom is -0.465 e. The van der Waals surface area contributed by atoms with Crippen molar-refractivity contribution in [3.63, 3.8) is 0 Å². The zero-order valence-electron chi connectivity index (χ0n) is 14.7. The first-order chi connectivity index (χ1) is 13.2. The van der Waals surface area contributed by atoms with E-state index in [0.717, 1.165) is 11.3 Å². The second-order valence-corrected chi connectivity index (χ2v) is 5.71. The Morgan fingerprint density at radius 3 is 2.85 bits per heavy atom. The number of nitrogens with one attached hydrogen (secondary N) is 1. The van der Waals surface area contributed by atoms with E-state index < -0.39 is 5.91 Å². The van der Waals surface area contributed by atoms with E-state index in [9.17, 15) is 4.79 Å². The number of carbonyl (C=O) groups excluding carboxylic acids is 1. The second-order valence-electron chi connectivity index (χ2n) is 5.71. The van der Waals surface area contributed by atoms with Crippen molar-refractivity contribution in [2.24, 2.45) is 15.7 Å². The van der Waals surface area contributed by atoms with Gasteiger partial charge in [-0.15, -0.1) is 0 Å². The monoisotopic (exact) mass is 364 g/mol. The van der Waals surface area contributed by atoms with Crippen LogP contribution in [0.15, 0.2) is 94.5 Å². The van der Waals surface area contributed by atoms with Gasteiger partial charge in [0.15, 0.2) is 5.90 Å². The molecule has 0 saturated heterocycles. The molecule has 0 radical (unpaired) electrons. The predicted octanol–water partition coefficient (Wildman–Crippen LogP) is 2.50. The Kier molecular flexibility index (Phi) is 6.19. The molecule has 4 aliphatic rings. The zero-order chi connectivity index (χ0) is 18.9. The van der Waals surface area contributed by atoms with Crippen LogP contribution in [-0.2, 0) is 14.3 Å². The number of primary amides is 1. The van der Waals surface area contributed by atoms with Gasteiger partial charge in [-0.05, 0) is 18.6 Å². The number of ether oxygens (including phenoxy) is 2. The van der Waals surface area contributed by atoms with E-state index in [1.807, 2.05) is 36.6 Å². The molecule has 27 heavy (non-hydrogen) atoms. The minimum atomic E-state index is -0.649. The highest BCUT2D eigenvalue weighted by molar-refractivity contribution is 6.42. The maximum atomic E-state index is 11.6. The largest absolute Gasteiger partial charge is 0.465 e. The molecule has 0 aromatic carbocycles. The highest BCUT2D eigenvalue weighted by atomic mass is 16.5. The first kappa shape index (κ1) is 18.2. The van der Waals surface area contributed by atoms with Crippen LogP contribution in [0.4, 0.5) is 0 Å². The molecule has 7 heteroatoms. The Hall–Kier alpha value is -3.61. The lowest BCUT2D eigenvalue weighted by Crippen LogP contribution is -2.21. The molecule has 4 rings (SSSR count). The Balaban J connectivity index is 1.82. The van der Waals surface area contributed by atoms with Crippen LogP contribution >= 0.6 is 0 Å². The summed E-state index contributed by atoms with van der Waals surface area (Å²) < 4.78 is 11.1. The quantitative estimate of drug-likeness (QED) is 0.747. The maximum absolute atomic E-state index is 11.6. The lowest BCUT2D eigenvalue weighted by molar-refractivity contribution is -0.111. The molecule has 0 atom stereocenters. The lowest BCUT2D eigenvalue weighted by atomic mass is 10.1. The van der Waals surface area contributed by atoms with Gasteiger partial charge < -0.3 is 20.5 Å². The molecular weight excluding hydrogens is 344 g/mol. The highest BCUT2D eigenvalue weighted by Crippen LogP contribution is 2.19. The van der Waals surface area contributed by atoms with Crippen molar-refractivity contribution in [3.05, 3.63) is 84.5 Å². The second kappa shape index (κ2) is 9.19. The minimum absolute atomic E-state index is 0.0778. The molecule has 0 spiro atoms. The van der Waals surface area contributed by atoms with Crippen molar-refractivity contribution in [3.8, 4) is 0 Å². The van der Waals surface area contributed by atoms with E-state index in [1.165, 1.54) is 18.5 Å². The Morgan fingerprint density at radius 2 is 2.00 bits per heavy atom. The van der Waals surface area contributed by atoms with Crippen molar-refractivity contribution in [2.75, 3.05) is 6.54 Å². The Bertz CT molecular complexity index is 868. The molecular formula is C20H20N4O3. The highest BCUT2D eigenvalue weighted by Gasteiger charge is 2.15. The van der Waals surface area contributed by atoms with Crippen LogP contribution in [0.1, 0.15) is 12.8 Å². The fraction of sp³-hybridized carbons (Fsp3) is 0.150. The van der Waals surface area contributed by atoms with Crippen molar-refractivity contribution < 1.29 is 14.3 Å². The summed E-state index contributed by atoms with van der Waals surface area (Å²) in [6.45, 7) is 0.671. The Morgan fingerprint density at radius 1 is 1.15 bits per heavy atom. The number of carbonyl (C=O) groups is 1. The molecule has 0 aromatic rings. The van der Waals surface area contributed by atoms with Crippen LogP contribution < -0.4 is 11.1 Å². The molecule has 3 N–H and O–H groups in total. The molecule has 0 aromatic heterocycles. The van der Waals surface area contributed by atoms with Crippen LogP contribution in [0.25, 0.3) is 0 Å². The van der Waals surface area contributed by atoms with E-state index in [4.69, 9.17) is 15.2 Å². The smallest absolute Gasteiger partial charge is 0.267 e. The third-order valence-corrected chi connectivity index (χ3v) is 3.71. The van der Waals surface area contributed by atoms with Gasteiger partial charge in [-0.3, -0.25) is 4.79 Å². The summed E-state index contributed by atoms with van der Waals surface area (Å²) in [7, 11) is 0. The van der Waals surface area contributed by atoms with Gasteiger partial charge >= 0.3 is 0 Å². The number of hydrogen-bond acceptors (Lipinski definition) is 6. The number of rotatable bonds is 1. The number of hydrogen-bond donors (Lipinski definition) is 2. The first-order valence-corrected chi connectivity index (χ1v) is 8.48. The summed E-state index contributed by atoms with van der Waals surface area (Å²) in [6.07, 6.45) is 20.5. The van der Waals surface area contributed by atoms with Crippen molar-refractivity contribution in [1.29, 1.82) is 0 Å². The van der Waals surface area contributed by atoms with Crippen LogP contribution in [0.5, 0.6) is 0 Å². The third kappa shape index (κ3) is 5.43. The maximum Gasteiger partial charge on any atom is 0.267 e. The van der Waals surface area contributed by atoms with Crippen LogP contribution in [-0.4, -0.2) is 24.1 Å². The summed E-state index contributed by atoms with van der Waals surface area (Å²) in [6, 6.07) is 0. The van der Waals surface area contributed by atoms with Gasteiger partial charge in [-0.1, -0.05) is 24.3 Å². The zero-order valence-corrected chi connectivity index (χ0v) is 14.7. The molecule has 7 nitrogen and oxygen atoms in total. The average molecular weight is 364 g/mol. The number of nitrogens with two attached hydrogens (primary N) is 1. The molecule has 2 bridgehead atoms. The summed E-state index contributed by atoms with van der Waals surface area (Å²) in [5, 5.41) is 3.15. The lowest BCUT2D eigenvalue weighted by Gasteiger charge is -2.15. The standard InChI is InChI=1S/C20H20N4O3/c21-20(25)17-8-11-26-18-7-9-22-13-15(18)6-4-2-1-3-5-10-27-19-12-16(24-19)14-23-17/h1-5,7-8,10-11,13-14,22H,6,9,12H2,(H2,21,25)/b3-1+,4-2+,10-5-,11-8+,16-14-,23-17-. The molecule has 0 unspecified atom stereocenters. The first-order valence-electron chi connectivity index (χ1n) is 8.48. The van der Waals surface area contributed by atoms with Crippen molar-refractivity contribution in [1.82, 2.24) is 5.32 Å². The van der Waals surface area contributed by atoms with Gasteiger partial charge in [-0.2, -0.15) is 0 Å². The number of aliphatic imine (C=N–C) groups is 2. The molecule has 138 valence electrons. The number of fused-ring (bicyclic) bond motifs is 7. The van der Waals surface area contributed by atoms with E-state index in [0.29, 0.717) is 31.0 Å². The summed E-state index contributed by atoms with van der Waals surface area (Å²) in [5.41, 5.74) is 7.14. The third-order valence-electron chi connectivity index (χ3n) is 3.71. The van der Waals surface area contributed by atoms with E-state index in [1.54, 1.807) is 12.3 Å². The average Bonchev–Trinajstić information content (AvgIpc) is 2.63. The van der Waals surface area contributed by atoms with Gasteiger partial charge in [0, 0.05) is 30.6 Å². The summed E-state index contributed by atoms with van der Waals surface area (Å²) in [4.78, 5) is 19.8. The van der Waals surface area contributed by atoms with Gasteiger partial charge in [0.05, 0.1) is 24.6 Å². The van der Waals surface area contributed by atoms with Crippen LogP contribution in [0, 0.1) is 0 Å². The van der Waals surface area contributed by atoms with Gasteiger partial charge in [0.25, 0.3) is 5.91 Å². The molecule has 4 aliphatic heterocycles.